The third kappa shape index (κ3) is 5.04. The second kappa shape index (κ2) is 7.93. The van der Waals surface area contributed by atoms with Crippen LogP contribution in [0.2, 0.25) is 0 Å². The average Bonchev–Trinajstić information content (AvgIpc) is 2.54. The Morgan fingerprint density at radius 1 is 1.13 bits per heavy atom. The zero-order chi connectivity index (χ0) is 16.9. The van der Waals surface area contributed by atoms with Crippen molar-refractivity contribution < 1.29 is 22.1 Å². The van der Waals surface area contributed by atoms with Gasteiger partial charge in [-0.2, -0.15) is 8.42 Å². The van der Waals surface area contributed by atoms with E-state index in [0.717, 1.165) is 31.2 Å². The van der Waals surface area contributed by atoms with Gasteiger partial charge in [-0.15, -0.1) is 0 Å². The molecule has 0 N–H and O–H groups in total. The van der Waals surface area contributed by atoms with E-state index in [1.165, 1.54) is 0 Å². The van der Waals surface area contributed by atoms with Crippen LogP contribution in [0.15, 0.2) is 29.2 Å². The molecule has 1 saturated carbocycles. The van der Waals surface area contributed by atoms with Crippen molar-refractivity contribution in [2.75, 3.05) is 13.2 Å². The van der Waals surface area contributed by atoms with Gasteiger partial charge >= 0.3 is 5.97 Å². The number of hydrogen-bond donors (Lipinski definition) is 0. The molecule has 1 aromatic rings. The number of ether oxygens (including phenoxy) is 1. The molecule has 0 spiro atoms. The standard InChI is InChI=1S/C17H24O5S/c1-3-21-17(18)15-8-6-14(7-9-15)12-22-23(19,20)16-10-4-13(2)5-11-16/h4-5,10-11,14-15H,3,6-9,12H2,1-2H3. The Kier molecular flexibility index (Phi) is 6.18. The van der Waals surface area contributed by atoms with Gasteiger partial charge in [0.25, 0.3) is 10.1 Å². The second-order valence-electron chi connectivity index (χ2n) is 6.02. The van der Waals surface area contributed by atoms with Crippen molar-refractivity contribution >= 4 is 16.1 Å². The summed E-state index contributed by atoms with van der Waals surface area (Å²) in [7, 11) is -3.71. The summed E-state index contributed by atoms with van der Waals surface area (Å²) in [4.78, 5) is 11.9. The molecule has 1 aliphatic rings. The van der Waals surface area contributed by atoms with Gasteiger partial charge in [-0.25, -0.2) is 0 Å². The zero-order valence-electron chi connectivity index (χ0n) is 13.7. The van der Waals surface area contributed by atoms with Crippen LogP contribution in [-0.4, -0.2) is 27.6 Å². The topological polar surface area (TPSA) is 69.7 Å². The SMILES string of the molecule is CCOC(=O)C1CCC(COS(=O)(=O)c2ccc(C)cc2)CC1. The van der Waals surface area contributed by atoms with Crippen LogP contribution in [0.3, 0.4) is 0 Å². The van der Waals surface area contributed by atoms with Gasteiger partial charge in [-0.1, -0.05) is 17.7 Å². The van der Waals surface area contributed by atoms with Gasteiger partial charge in [-0.05, 0) is 57.6 Å². The van der Waals surface area contributed by atoms with Crippen molar-refractivity contribution in [1.29, 1.82) is 0 Å². The maximum absolute atomic E-state index is 12.1. The van der Waals surface area contributed by atoms with Gasteiger partial charge in [0.05, 0.1) is 24.0 Å². The Morgan fingerprint density at radius 3 is 2.30 bits per heavy atom. The first-order valence-electron chi connectivity index (χ1n) is 8.05. The highest BCUT2D eigenvalue weighted by Gasteiger charge is 2.28. The Morgan fingerprint density at radius 2 is 1.74 bits per heavy atom. The van der Waals surface area contributed by atoms with Crippen LogP contribution in [0, 0.1) is 18.8 Å². The molecular weight excluding hydrogens is 316 g/mol. The second-order valence-corrected chi connectivity index (χ2v) is 7.64. The van der Waals surface area contributed by atoms with Crippen LogP contribution in [0.5, 0.6) is 0 Å². The molecule has 5 nitrogen and oxygen atoms in total. The van der Waals surface area contributed by atoms with E-state index in [4.69, 9.17) is 8.92 Å². The number of hydrogen-bond acceptors (Lipinski definition) is 5. The molecule has 0 saturated heterocycles. The van der Waals surface area contributed by atoms with E-state index in [1.54, 1.807) is 31.2 Å². The lowest BCUT2D eigenvalue weighted by Crippen LogP contribution is -2.26. The van der Waals surface area contributed by atoms with Gasteiger partial charge < -0.3 is 4.74 Å². The van der Waals surface area contributed by atoms with Crippen LogP contribution in [0.4, 0.5) is 0 Å². The van der Waals surface area contributed by atoms with Crippen molar-refractivity contribution in [2.24, 2.45) is 11.8 Å². The summed E-state index contributed by atoms with van der Waals surface area (Å²) in [5.41, 5.74) is 1.00. The summed E-state index contributed by atoms with van der Waals surface area (Å²) in [6.45, 7) is 4.27. The van der Waals surface area contributed by atoms with Crippen LogP contribution in [-0.2, 0) is 23.8 Å². The zero-order valence-corrected chi connectivity index (χ0v) is 14.5. The van der Waals surface area contributed by atoms with E-state index >= 15 is 0 Å². The predicted octanol–water partition coefficient (Wildman–Crippen LogP) is 3.07. The normalized spacial score (nSPS) is 21.8. The first-order valence-corrected chi connectivity index (χ1v) is 9.46. The fraction of sp³-hybridized carbons (Fsp3) is 0.588. The molecule has 0 aromatic heterocycles. The van der Waals surface area contributed by atoms with Crippen molar-refractivity contribution in [3.05, 3.63) is 29.8 Å². The molecule has 6 heteroatoms. The maximum atomic E-state index is 12.1. The summed E-state index contributed by atoms with van der Waals surface area (Å²) in [6, 6.07) is 6.62. The summed E-state index contributed by atoms with van der Waals surface area (Å²) in [5.74, 6) is -0.0278. The molecule has 1 fully saturated rings. The van der Waals surface area contributed by atoms with Crippen molar-refractivity contribution in [3.8, 4) is 0 Å². The maximum Gasteiger partial charge on any atom is 0.308 e. The molecule has 0 radical (unpaired) electrons. The largest absolute Gasteiger partial charge is 0.466 e. The van der Waals surface area contributed by atoms with Crippen molar-refractivity contribution in [3.63, 3.8) is 0 Å². The highest BCUT2D eigenvalue weighted by molar-refractivity contribution is 7.86. The van der Waals surface area contributed by atoms with E-state index in [2.05, 4.69) is 0 Å². The molecule has 0 amide bonds. The molecule has 0 heterocycles. The Labute approximate surface area is 138 Å². The quantitative estimate of drug-likeness (QED) is 0.588. The number of aryl methyl sites for hydroxylation is 1. The number of esters is 1. The summed E-state index contributed by atoms with van der Waals surface area (Å²) in [5, 5.41) is 0. The highest BCUT2D eigenvalue weighted by Crippen LogP contribution is 2.30. The third-order valence-electron chi connectivity index (χ3n) is 4.24. The molecule has 23 heavy (non-hydrogen) atoms. The number of benzene rings is 1. The van der Waals surface area contributed by atoms with Crippen LogP contribution < -0.4 is 0 Å². The monoisotopic (exact) mass is 340 g/mol. The molecule has 0 atom stereocenters. The minimum Gasteiger partial charge on any atom is -0.466 e. The fourth-order valence-corrected chi connectivity index (χ4v) is 3.76. The van der Waals surface area contributed by atoms with Gasteiger partial charge in [-0.3, -0.25) is 8.98 Å². The number of rotatable bonds is 6. The first-order chi connectivity index (χ1) is 10.9. The van der Waals surface area contributed by atoms with Crippen LogP contribution in [0.1, 0.15) is 38.2 Å². The van der Waals surface area contributed by atoms with Gasteiger partial charge in [0.1, 0.15) is 0 Å². The average molecular weight is 340 g/mol. The summed E-state index contributed by atoms with van der Waals surface area (Å²) in [6.07, 6.45) is 3.04. The fourth-order valence-electron chi connectivity index (χ4n) is 2.78. The minimum absolute atomic E-state index is 0.0556. The van der Waals surface area contributed by atoms with E-state index < -0.39 is 10.1 Å². The Bertz CT molecular complexity index is 613. The lowest BCUT2D eigenvalue weighted by molar-refractivity contribution is -0.149. The molecule has 2 rings (SSSR count). The Hall–Kier alpha value is -1.40. The van der Waals surface area contributed by atoms with E-state index in [9.17, 15) is 13.2 Å². The molecule has 128 valence electrons. The van der Waals surface area contributed by atoms with E-state index in [0.29, 0.717) is 6.61 Å². The molecule has 0 aliphatic heterocycles. The van der Waals surface area contributed by atoms with Crippen molar-refractivity contribution in [1.82, 2.24) is 0 Å². The molecule has 1 aromatic carbocycles. The molecule has 0 bridgehead atoms. The third-order valence-corrected chi connectivity index (χ3v) is 5.53. The van der Waals surface area contributed by atoms with Crippen LogP contribution >= 0.6 is 0 Å². The molecule has 0 unspecified atom stereocenters. The molecule has 1 aliphatic carbocycles. The highest BCUT2D eigenvalue weighted by atomic mass is 32.2. The molecular formula is C17H24O5S. The predicted molar refractivity (Wildman–Crippen MR) is 86.4 cm³/mol. The number of carbonyl (C=O) groups excluding carboxylic acids is 1. The summed E-state index contributed by atoms with van der Waals surface area (Å²) < 4.78 is 34.5. The van der Waals surface area contributed by atoms with Gasteiger partial charge in [0.15, 0.2) is 0 Å². The first kappa shape index (κ1) is 17.9. The van der Waals surface area contributed by atoms with Crippen LogP contribution in [0.25, 0.3) is 0 Å². The van der Waals surface area contributed by atoms with E-state index in [1.807, 2.05) is 6.92 Å². The minimum atomic E-state index is -3.71. The van der Waals surface area contributed by atoms with E-state index in [-0.39, 0.29) is 29.3 Å². The van der Waals surface area contributed by atoms with Gasteiger partial charge in [0, 0.05) is 0 Å². The summed E-state index contributed by atoms with van der Waals surface area (Å²) >= 11 is 0. The smallest absolute Gasteiger partial charge is 0.308 e. The van der Waals surface area contributed by atoms with Gasteiger partial charge in [0.2, 0.25) is 0 Å². The number of carbonyl (C=O) groups is 1. The Balaban J connectivity index is 1.83. The lowest BCUT2D eigenvalue weighted by atomic mass is 9.82. The van der Waals surface area contributed by atoms with Crippen molar-refractivity contribution in [2.45, 2.75) is 44.4 Å². The lowest BCUT2D eigenvalue weighted by Gasteiger charge is -2.26.